The molecule has 4 aliphatic rings. The fourth-order valence-corrected chi connectivity index (χ4v) is 7.31. The van der Waals surface area contributed by atoms with E-state index in [1.165, 1.54) is 9.80 Å². The maximum Gasteiger partial charge on any atom is 0.234 e. The van der Waals surface area contributed by atoms with Gasteiger partial charge in [0, 0.05) is 30.6 Å². The van der Waals surface area contributed by atoms with Gasteiger partial charge in [-0.1, -0.05) is 48.0 Å². The van der Waals surface area contributed by atoms with Crippen LogP contribution in [0.2, 0.25) is 0 Å². The van der Waals surface area contributed by atoms with Crippen LogP contribution in [0.25, 0.3) is 0 Å². The van der Waals surface area contributed by atoms with Crippen molar-refractivity contribution in [3.63, 3.8) is 0 Å². The average Bonchev–Trinajstić information content (AvgIpc) is 3.34. The fraction of sp³-hybridized carbons (Fsp3) is 0.419. The number of imide groups is 2. The monoisotopic (exact) mass is 528 g/mol. The Kier molecular flexibility index (Phi) is 6.28. The van der Waals surface area contributed by atoms with Crippen LogP contribution in [-0.4, -0.2) is 51.6 Å². The highest BCUT2D eigenvalue weighted by atomic mass is 16.5. The highest BCUT2D eigenvalue weighted by Gasteiger charge is 2.61. The lowest BCUT2D eigenvalue weighted by Crippen LogP contribution is -2.43. The maximum absolute atomic E-state index is 13.6. The van der Waals surface area contributed by atoms with Crippen LogP contribution < -0.4 is 4.74 Å². The van der Waals surface area contributed by atoms with Gasteiger partial charge in [0.25, 0.3) is 0 Å². The summed E-state index contributed by atoms with van der Waals surface area (Å²) >= 11 is 0. The zero-order valence-electron chi connectivity index (χ0n) is 22.1. The minimum atomic E-state index is -0.659. The molecule has 4 amide bonds. The number of rotatable bonds is 6. The Morgan fingerprint density at radius 2 is 1.49 bits per heavy atom. The topological polar surface area (TPSA) is 104 Å². The second kappa shape index (κ2) is 9.67. The van der Waals surface area contributed by atoms with Crippen LogP contribution in [0.4, 0.5) is 0 Å². The molecule has 0 spiro atoms. The van der Waals surface area contributed by atoms with Gasteiger partial charge in [-0.2, -0.15) is 0 Å². The third kappa shape index (κ3) is 3.87. The van der Waals surface area contributed by atoms with Crippen molar-refractivity contribution in [1.82, 2.24) is 9.80 Å². The SMILES string of the molecule is CCN1C(=O)[C@H]2[C@H](CC=C3[C@H]2C[C@H]2C(=O)N(CC)C(=O)[C@H]2[C@H]3c2ccc(OCc3ccccc3)cc2O)C1=O. The predicted molar refractivity (Wildman–Crippen MR) is 141 cm³/mol. The number of hydrogen-bond acceptors (Lipinski definition) is 6. The number of nitrogens with zero attached hydrogens (tertiary/aromatic N) is 2. The summed E-state index contributed by atoms with van der Waals surface area (Å²) in [7, 11) is 0. The van der Waals surface area contributed by atoms with Crippen molar-refractivity contribution in [3.8, 4) is 11.5 Å². The standard InChI is InChI=1S/C31H32N2O6/c1-3-32-28(35)21-13-12-19-22(26(21)30(32)37)15-23-27(31(38)33(4-2)29(23)36)25(19)20-11-10-18(14-24(20)34)39-16-17-8-6-5-7-9-17/h5-12,14,21-23,25-27,34H,3-4,13,15-16H2,1-2H3/t21-,22+,23+,25+,26-,27+/m0/s1. The van der Waals surface area contributed by atoms with Crippen LogP contribution in [0.3, 0.4) is 0 Å². The van der Waals surface area contributed by atoms with Crippen molar-refractivity contribution in [2.24, 2.45) is 29.6 Å². The van der Waals surface area contributed by atoms with E-state index in [-0.39, 0.29) is 41.8 Å². The largest absolute Gasteiger partial charge is 0.508 e. The third-order valence-corrected chi connectivity index (χ3v) is 9.05. The van der Waals surface area contributed by atoms with E-state index in [4.69, 9.17) is 4.74 Å². The van der Waals surface area contributed by atoms with Crippen molar-refractivity contribution in [1.29, 1.82) is 0 Å². The first-order valence-electron chi connectivity index (χ1n) is 13.8. The number of carbonyl (C=O) groups excluding carboxylic acids is 4. The number of amides is 4. The Morgan fingerprint density at radius 3 is 2.15 bits per heavy atom. The van der Waals surface area contributed by atoms with Crippen molar-refractivity contribution in [2.45, 2.75) is 39.2 Å². The van der Waals surface area contributed by atoms with E-state index in [0.29, 0.717) is 37.3 Å². The first kappa shape index (κ1) is 25.3. The number of allylic oxidation sites excluding steroid dienone is 2. The first-order valence-corrected chi connectivity index (χ1v) is 13.8. The van der Waals surface area contributed by atoms with Crippen LogP contribution in [-0.2, 0) is 25.8 Å². The summed E-state index contributed by atoms with van der Waals surface area (Å²) in [6.07, 6.45) is 2.75. The van der Waals surface area contributed by atoms with E-state index in [1.807, 2.05) is 36.4 Å². The van der Waals surface area contributed by atoms with E-state index in [0.717, 1.165) is 11.1 Å². The Hall–Kier alpha value is -3.94. The highest BCUT2D eigenvalue weighted by Crippen LogP contribution is 2.58. The number of phenols is 1. The summed E-state index contributed by atoms with van der Waals surface area (Å²) in [5.41, 5.74) is 2.41. The molecule has 0 aromatic heterocycles. The Morgan fingerprint density at radius 1 is 0.821 bits per heavy atom. The molecule has 2 aliphatic carbocycles. The quantitative estimate of drug-likeness (QED) is 0.454. The third-order valence-electron chi connectivity index (χ3n) is 9.05. The molecule has 0 bridgehead atoms. The summed E-state index contributed by atoms with van der Waals surface area (Å²) in [5, 5.41) is 11.2. The average molecular weight is 529 g/mol. The van der Waals surface area contributed by atoms with Crippen molar-refractivity contribution >= 4 is 23.6 Å². The summed E-state index contributed by atoms with van der Waals surface area (Å²) < 4.78 is 5.90. The lowest BCUT2D eigenvalue weighted by atomic mass is 9.57. The molecular formula is C31H32N2O6. The number of phenolic OH excluding ortho intramolecular Hbond substituents is 1. The summed E-state index contributed by atoms with van der Waals surface area (Å²) in [6.45, 7) is 4.49. The molecule has 2 heterocycles. The van der Waals surface area contributed by atoms with E-state index >= 15 is 0 Å². The molecule has 2 aromatic rings. The minimum absolute atomic E-state index is 0.0211. The molecule has 8 nitrogen and oxygen atoms in total. The van der Waals surface area contributed by atoms with Gasteiger partial charge < -0.3 is 9.84 Å². The fourth-order valence-electron chi connectivity index (χ4n) is 7.31. The van der Waals surface area contributed by atoms with Crippen LogP contribution in [0.5, 0.6) is 11.5 Å². The smallest absolute Gasteiger partial charge is 0.234 e. The van der Waals surface area contributed by atoms with Crippen LogP contribution in [0.15, 0.2) is 60.2 Å². The molecule has 39 heavy (non-hydrogen) atoms. The summed E-state index contributed by atoms with van der Waals surface area (Å²) in [5.74, 6) is -3.52. The van der Waals surface area contributed by atoms with Gasteiger partial charge in [-0.05, 0) is 44.2 Å². The molecule has 0 unspecified atom stereocenters. The van der Waals surface area contributed by atoms with Gasteiger partial charge in [0.2, 0.25) is 23.6 Å². The number of ether oxygens (including phenoxy) is 1. The maximum atomic E-state index is 13.6. The number of likely N-dealkylation sites (tertiary alicyclic amines) is 2. The number of fused-ring (bicyclic) bond motifs is 4. The Bertz CT molecular complexity index is 1380. The number of benzene rings is 2. The lowest BCUT2D eigenvalue weighted by molar-refractivity contribution is -0.141. The molecule has 3 fully saturated rings. The molecule has 6 rings (SSSR count). The van der Waals surface area contributed by atoms with E-state index in [2.05, 4.69) is 0 Å². The highest BCUT2D eigenvalue weighted by molar-refractivity contribution is 6.08. The second-order valence-corrected chi connectivity index (χ2v) is 10.9. The van der Waals surface area contributed by atoms with Gasteiger partial charge in [0.1, 0.15) is 18.1 Å². The number of hydrogen-bond donors (Lipinski definition) is 1. The van der Waals surface area contributed by atoms with Crippen molar-refractivity contribution < 1.29 is 29.0 Å². The zero-order valence-corrected chi connectivity index (χ0v) is 22.1. The molecule has 2 aromatic carbocycles. The zero-order chi connectivity index (χ0) is 27.4. The van der Waals surface area contributed by atoms with Crippen LogP contribution in [0, 0.1) is 29.6 Å². The number of carbonyl (C=O) groups is 4. The van der Waals surface area contributed by atoms with Crippen LogP contribution in [0.1, 0.15) is 43.7 Å². The van der Waals surface area contributed by atoms with Gasteiger partial charge in [-0.25, -0.2) is 0 Å². The van der Waals surface area contributed by atoms with Crippen molar-refractivity contribution in [3.05, 3.63) is 71.3 Å². The molecule has 2 saturated heterocycles. The van der Waals surface area contributed by atoms with E-state index in [9.17, 15) is 24.3 Å². The summed E-state index contributed by atoms with van der Waals surface area (Å²) in [4.78, 5) is 56.0. The van der Waals surface area contributed by atoms with Gasteiger partial charge >= 0.3 is 0 Å². The molecular weight excluding hydrogens is 496 g/mol. The first-order chi connectivity index (χ1) is 18.8. The Labute approximate surface area is 227 Å². The molecule has 6 atom stereocenters. The lowest BCUT2D eigenvalue weighted by Gasteiger charge is -2.44. The molecule has 2 aliphatic heterocycles. The van der Waals surface area contributed by atoms with Gasteiger partial charge in [-0.15, -0.1) is 0 Å². The van der Waals surface area contributed by atoms with Crippen molar-refractivity contribution in [2.75, 3.05) is 13.1 Å². The Balaban J connectivity index is 1.38. The summed E-state index contributed by atoms with van der Waals surface area (Å²) in [6, 6.07) is 14.8. The van der Waals surface area contributed by atoms with Crippen LogP contribution >= 0.6 is 0 Å². The number of aromatic hydroxyl groups is 1. The molecule has 1 N–H and O–H groups in total. The predicted octanol–water partition coefficient (Wildman–Crippen LogP) is 3.65. The van der Waals surface area contributed by atoms with E-state index in [1.54, 1.807) is 32.0 Å². The van der Waals surface area contributed by atoms with E-state index < -0.39 is 29.6 Å². The molecule has 0 radical (unpaired) electrons. The molecule has 202 valence electrons. The molecule has 1 saturated carbocycles. The van der Waals surface area contributed by atoms with Gasteiger partial charge in [0.15, 0.2) is 0 Å². The second-order valence-electron chi connectivity index (χ2n) is 10.9. The minimum Gasteiger partial charge on any atom is -0.508 e. The van der Waals surface area contributed by atoms with Gasteiger partial charge in [-0.3, -0.25) is 29.0 Å². The van der Waals surface area contributed by atoms with Gasteiger partial charge in [0.05, 0.1) is 23.7 Å². The molecule has 8 heteroatoms. The normalized spacial score (nSPS) is 29.7.